The highest BCUT2D eigenvalue weighted by Crippen LogP contribution is 2.22. The van der Waals surface area contributed by atoms with Crippen molar-refractivity contribution in [3.63, 3.8) is 0 Å². The molecule has 4 heteroatoms. The Morgan fingerprint density at radius 2 is 1.95 bits per heavy atom. The second-order valence-corrected chi connectivity index (χ2v) is 4.50. The lowest BCUT2D eigenvalue weighted by Crippen LogP contribution is -2.00. The first-order valence-corrected chi connectivity index (χ1v) is 6.82. The quantitative estimate of drug-likeness (QED) is 0.792. The van der Waals surface area contributed by atoms with Crippen LogP contribution in [-0.2, 0) is 11.9 Å². The monoisotopic (exact) mass is 319 g/mol. The minimum atomic E-state index is -0.369. The predicted octanol–water partition coefficient (Wildman–Crippen LogP) is 4.17. The Hall–Kier alpha value is -1.86. The maximum Gasteiger partial charge on any atom is 0.123 e. The summed E-state index contributed by atoms with van der Waals surface area (Å²) in [6.07, 6.45) is 0. The summed E-state index contributed by atoms with van der Waals surface area (Å²) in [6, 6.07) is 13.7. The van der Waals surface area contributed by atoms with Gasteiger partial charge < -0.3 is 4.74 Å². The summed E-state index contributed by atoms with van der Waals surface area (Å²) in [5.41, 5.74) is 1.99. The first kappa shape index (κ1) is 13.6. The molecular formula is C15H11BrFNO. The Balaban J connectivity index is 2.19. The molecule has 0 heterocycles. The fourth-order valence-electron chi connectivity index (χ4n) is 1.70. The average Bonchev–Trinajstić information content (AvgIpc) is 2.45. The summed E-state index contributed by atoms with van der Waals surface area (Å²) in [7, 11) is 0. The lowest BCUT2D eigenvalue weighted by atomic mass is 10.1. The largest absolute Gasteiger partial charge is 0.489 e. The second-order valence-electron chi connectivity index (χ2n) is 3.94. The molecule has 2 aromatic carbocycles. The first-order valence-electron chi connectivity index (χ1n) is 5.70. The van der Waals surface area contributed by atoms with Gasteiger partial charge in [0.2, 0.25) is 0 Å². The van der Waals surface area contributed by atoms with Crippen LogP contribution in [0.25, 0.3) is 0 Å². The number of alkyl halides is 1. The van der Waals surface area contributed by atoms with E-state index in [9.17, 15) is 4.39 Å². The van der Waals surface area contributed by atoms with Crippen molar-refractivity contribution in [1.29, 1.82) is 5.26 Å². The normalized spacial score (nSPS) is 9.95. The molecule has 0 aliphatic heterocycles. The van der Waals surface area contributed by atoms with E-state index < -0.39 is 0 Å². The zero-order chi connectivity index (χ0) is 13.7. The number of nitrogens with zero attached hydrogens (tertiary/aromatic N) is 1. The van der Waals surface area contributed by atoms with Crippen LogP contribution >= 0.6 is 15.9 Å². The third-order valence-corrected chi connectivity index (χ3v) is 3.29. The SMILES string of the molecule is N#Cc1ccc(F)cc1COc1ccccc1CBr. The van der Waals surface area contributed by atoms with Crippen molar-refractivity contribution >= 4 is 15.9 Å². The van der Waals surface area contributed by atoms with Crippen LogP contribution in [0.3, 0.4) is 0 Å². The lowest BCUT2D eigenvalue weighted by Gasteiger charge is -2.10. The van der Waals surface area contributed by atoms with Crippen LogP contribution in [0.15, 0.2) is 42.5 Å². The van der Waals surface area contributed by atoms with E-state index in [4.69, 9.17) is 10.00 Å². The van der Waals surface area contributed by atoms with Crippen LogP contribution in [0.1, 0.15) is 16.7 Å². The maximum atomic E-state index is 13.2. The number of benzene rings is 2. The molecular weight excluding hydrogens is 309 g/mol. The van der Waals surface area contributed by atoms with Gasteiger partial charge in [0.05, 0.1) is 11.6 Å². The van der Waals surface area contributed by atoms with Gasteiger partial charge in [0.1, 0.15) is 18.2 Å². The molecule has 0 fully saturated rings. The molecule has 0 bridgehead atoms. The number of rotatable bonds is 4. The Labute approximate surface area is 119 Å². The van der Waals surface area contributed by atoms with Gasteiger partial charge in [0, 0.05) is 16.5 Å². The van der Waals surface area contributed by atoms with Crippen LogP contribution in [0.2, 0.25) is 0 Å². The molecule has 0 atom stereocenters. The van der Waals surface area contributed by atoms with E-state index in [-0.39, 0.29) is 12.4 Å². The summed E-state index contributed by atoms with van der Waals surface area (Å²) in [6.45, 7) is 0.171. The van der Waals surface area contributed by atoms with Crippen LogP contribution in [0, 0.1) is 17.1 Å². The van der Waals surface area contributed by atoms with Crippen LogP contribution in [0.4, 0.5) is 4.39 Å². The Morgan fingerprint density at radius 3 is 2.68 bits per heavy atom. The molecule has 0 amide bonds. The molecule has 2 nitrogen and oxygen atoms in total. The molecule has 19 heavy (non-hydrogen) atoms. The summed E-state index contributed by atoms with van der Waals surface area (Å²) >= 11 is 3.38. The Kier molecular flexibility index (Phi) is 4.53. The van der Waals surface area contributed by atoms with Gasteiger partial charge in [0.15, 0.2) is 0 Å². The van der Waals surface area contributed by atoms with Crippen molar-refractivity contribution in [3.05, 3.63) is 65.0 Å². The van der Waals surface area contributed by atoms with Crippen molar-refractivity contribution in [2.24, 2.45) is 0 Å². The number of halogens is 2. The van der Waals surface area contributed by atoms with Crippen molar-refractivity contribution in [2.75, 3.05) is 0 Å². The molecule has 0 spiro atoms. The van der Waals surface area contributed by atoms with Gasteiger partial charge in [-0.3, -0.25) is 0 Å². The summed E-state index contributed by atoms with van der Waals surface area (Å²) in [5, 5.41) is 9.65. The van der Waals surface area contributed by atoms with Crippen molar-refractivity contribution in [2.45, 2.75) is 11.9 Å². The summed E-state index contributed by atoms with van der Waals surface area (Å²) in [4.78, 5) is 0. The van der Waals surface area contributed by atoms with Gasteiger partial charge in [0.25, 0.3) is 0 Å². The van der Waals surface area contributed by atoms with E-state index in [1.54, 1.807) is 0 Å². The molecule has 96 valence electrons. The van der Waals surface area contributed by atoms with Gasteiger partial charge in [-0.25, -0.2) is 4.39 Å². The highest BCUT2D eigenvalue weighted by molar-refractivity contribution is 9.08. The molecule has 0 aliphatic carbocycles. The second kappa shape index (κ2) is 6.35. The fraction of sp³-hybridized carbons (Fsp3) is 0.133. The van der Waals surface area contributed by atoms with E-state index >= 15 is 0 Å². The molecule has 0 aromatic heterocycles. The van der Waals surface area contributed by atoms with Gasteiger partial charge in [-0.15, -0.1) is 0 Å². The third-order valence-electron chi connectivity index (χ3n) is 2.69. The van der Waals surface area contributed by atoms with Crippen LogP contribution in [0.5, 0.6) is 5.75 Å². The Morgan fingerprint density at radius 1 is 1.16 bits per heavy atom. The molecule has 0 radical (unpaired) electrons. The van der Waals surface area contributed by atoms with E-state index in [0.29, 0.717) is 16.5 Å². The van der Waals surface area contributed by atoms with Crippen molar-refractivity contribution < 1.29 is 9.13 Å². The molecule has 0 N–H and O–H groups in total. The van der Waals surface area contributed by atoms with E-state index in [0.717, 1.165) is 11.3 Å². The number of para-hydroxylation sites is 1. The molecule has 2 rings (SSSR count). The zero-order valence-corrected chi connectivity index (χ0v) is 11.7. The van der Waals surface area contributed by atoms with Gasteiger partial charge in [-0.1, -0.05) is 34.1 Å². The van der Waals surface area contributed by atoms with Gasteiger partial charge in [-0.2, -0.15) is 5.26 Å². The molecule has 0 unspecified atom stereocenters. The maximum absolute atomic E-state index is 13.2. The van der Waals surface area contributed by atoms with Crippen molar-refractivity contribution in [1.82, 2.24) is 0 Å². The third kappa shape index (κ3) is 3.33. The highest BCUT2D eigenvalue weighted by atomic mass is 79.9. The number of hydrogen-bond acceptors (Lipinski definition) is 2. The van der Waals surface area contributed by atoms with Crippen LogP contribution in [-0.4, -0.2) is 0 Å². The molecule has 2 aromatic rings. The fourth-order valence-corrected chi connectivity index (χ4v) is 2.16. The summed E-state index contributed by atoms with van der Waals surface area (Å²) in [5.74, 6) is 0.360. The van der Waals surface area contributed by atoms with Crippen LogP contribution < -0.4 is 4.74 Å². The van der Waals surface area contributed by atoms with E-state index in [2.05, 4.69) is 15.9 Å². The standard InChI is InChI=1S/C15H11BrFNO/c16-8-11-3-1-2-4-15(11)19-10-13-7-14(17)6-5-12(13)9-18/h1-7H,8,10H2. The van der Waals surface area contributed by atoms with Gasteiger partial charge >= 0.3 is 0 Å². The molecule has 0 saturated carbocycles. The smallest absolute Gasteiger partial charge is 0.123 e. The topological polar surface area (TPSA) is 33.0 Å². The lowest BCUT2D eigenvalue weighted by molar-refractivity contribution is 0.303. The van der Waals surface area contributed by atoms with E-state index in [1.807, 2.05) is 30.3 Å². The molecule has 0 saturated heterocycles. The van der Waals surface area contributed by atoms with E-state index in [1.165, 1.54) is 18.2 Å². The zero-order valence-electron chi connectivity index (χ0n) is 10.1. The predicted molar refractivity (Wildman–Crippen MR) is 74.5 cm³/mol. The average molecular weight is 320 g/mol. The highest BCUT2D eigenvalue weighted by Gasteiger charge is 2.06. The number of ether oxygens (including phenoxy) is 1. The number of hydrogen-bond donors (Lipinski definition) is 0. The summed E-state index contributed by atoms with van der Waals surface area (Å²) < 4.78 is 18.8. The minimum absolute atomic E-state index is 0.171. The Bertz CT molecular complexity index is 622. The first-order chi connectivity index (χ1) is 9.24. The van der Waals surface area contributed by atoms with Gasteiger partial charge in [-0.05, 0) is 24.3 Å². The van der Waals surface area contributed by atoms with Crippen molar-refractivity contribution in [3.8, 4) is 11.8 Å². The minimum Gasteiger partial charge on any atom is -0.489 e. The number of nitriles is 1. The molecule has 0 aliphatic rings.